The number of nitrogens with two attached hydrogens (primary N) is 1. The second kappa shape index (κ2) is 5.19. The van der Waals surface area contributed by atoms with E-state index in [4.69, 9.17) is 10.5 Å². The van der Waals surface area contributed by atoms with E-state index in [0.717, 1.165) is 25.9 Å². The van der Waals surface area contributed by atoms with Gasteiger partial charge in [-0.05, 0) is 19.3 Å². The predicted octanol–water partition coefficient (Wildman–Crippen LogP) is -0.0274. The van der Waals surface area contributed by atoms with Crippen molar-refractivity contribution in [2.24, 2.45) is 5.73 Å². The third-order valence-corrected chi connectivity index (χ3v) is 2.33. The van der Waals surface area contributed by atoms with Crippen LogP contribution in [0.1, 0.15) is 19.3 Å². The predicted molar refractivity (Wildman–Crippen MR) is 50.3 cm³/mol. The topological polar surface area (TPSA) is 55.6 Å². The Labute approximate surface area is 79.0 Å². The highest BCUT2D eigenvalue weighted by Crippen LogP contribution is 2.09. The lowest BCUT2D eigenvalue weighted by Crippen LogP contribution is -2.47. The molecule has 1 rings (SSSR count). The molecule has 0 aromatic rings. The first-order chi connectivity index (χ1) is 6.25. The molecule has 13 heavy (non-hydrogen) atoms. The average molecular weight is 186 g/mol. The molecule has 4 heteroatoms. The Morgan fingerprint density at radius 1 is 1.46 bits per heavy atom. The van der Waals surface area contributed by atoms with Crippen LogP contribution in [0.15, 0.2) is 0 Å². The molecule has 1 heterocycles. The molecule has 0 bridgehead atoms. The largest absolute Gasteiger partial charge is 0.383 e. The molecule has 76 valence electrons. The summed E-state index contributed by atoms with van der Waals surface area (Å²) in [6, 6.07) is -0.483. The van der Waals surface area contributed by atoms with Crippen molar-refractivity contribution in [1.82, 2.24) is 4.90 Å². The Kier molecular flexibility index (Phi) is 4.18. The van der Waals surface area contributed by atoms with Gasteiger partial charge in [0.15, 0.2) is 0 Å². The number of likely N-dealkylation sites (tertiary alicyclic amines) is 1. The number of carbonyl (C=O) groups is 1. The summed E-state index contributed by atoms with van der Waals surface area (Å²) in [4.78, 5) is 13.4. The smallest absolute Gasteiger partial charge is 0.241 e. The second-order valence-corrected chi connectivity index (χ2v) is 3.45. The number of hydrogen-bond acceptors (Lipinski definition) is 3. The van der Waals surface area contributed by atoms with Crippen LogP contribution in [-0.4, -0.2) is 43.7 Å². The van der Waals surface area contributed by atoms with Crippen molar-refractivity contribution in [3.05, 3.63) is 0 Å². The van der Waals surface area contributed by atoms with Gasteiger partial charge in [0.25, 0.3) is 0 Å². The van der Waals surface area contributed by atoms with E-state index in [1.807, 2.05) is 4.90 Å². The first-order valence-electron chi connectivity index (χ1n) is 4.79. The van der Waals surface area contributed by atoms with Crippen LogP contribution in [-0.2, 0) is 9.53 Å². The molecule has 1 amide bonds. The highest BCUT2D eigenvalue weighted by atomic mass is 16.5. The normalized spacial score (nSPS) is 20.0. The number of hydrogen-bond donors (Lipinski definition) is 1. The lowest BCUT2D eigenvalue weighted by molar-refractivity contribution is -0.134. The molecule has 0 aromatic heterocycles. The average Bonchev–Trinajstić information content (AvgIpc) is 2.18. The highest BCUT2D eigenvalue weighted by molar-refractivity contribution is 5.81. The first kappa shape index (κ1) is 10.5. The Bertz CT molecular complexity index is 167. The van der Waals surface area contributed by atoms with Crippen molar-refractivity contribution in [3.8, 4) is 0 Å². The lowest BCUT2D eigenvalue weighted by atomic mass is 10.1. The summed E-state index contributed by atoms with van der Waals surface area (Å²) in [6.45, 7) is 2.03. The number of rotatable bonds is 3. The zero-order valence-corrected chi connectivity index (χ0v) is 8.16. The molecule has 4 nitrogen and oxygen atoms in total. The summed E-state index contributed by atoms with van der Waals surface area (Å²) in [7, 11) is 1.56. The zero-order valence-electron chi connectivity index (χ0n) is 8.16. The summed E-state index contributed by atoms with van der Waals surface area (Å²) in [5, 5.41) is 0. The van der Waals surface area contributed by atoms with Crippen LogP contribution in [0.3, 0.4) is 0 Å². The Balaban J connectivity index is 2.36. The van der Waals surface area contributed by atoms with Crippen LogP contribution >= 0.6 is 0 Å². The van der Waals surface area contributed by atoms with Gasteiger partial charge in [-0.3, -0.25) is 4.79 Å². The van der Waals surface area contributed by atoms with E-state index in [-0.39, 0.29) is 5.91 Å². The van der Waals surface area contributed by atoms with Crippen LogP contribution in [0.2, 0.25) is 0 Å². The number of carbonyl (C=O) groups excluding carboxylic acids is 1. The van der Waals surface area contributed by atoms with Crippen LogP contribution in [0, 0.1) is 0 Å². The van der Waals surface area contributed by atoms with Gasteiger partial charge in [0.1, 0.15) is 6.04 Å². The quantitative estimate of drug-likeness (QED) is 0.673. The van der Waals surface area contributed by atoms with Crippen molar-refractivity contribution in [2.75, 3.05) is 26.8 Å². The molecule has 0 radical (unpaired) electrons. The minimum absolute atomic E-state index is 0.0292. The fraction of sp³-hybridized carbons (Fsp3) is 0.889. The van der Waals surface area contributed by atoms with E-state index < -0.39 is 6.04 Å². The summed E-state index contributed by atoms with van der Waals surface area (Å²) in [5.74, 6) is 0.0292. The van der Waals surface area contributed by atoms with Crippen molar-refractivity contribution in [3.63, 3.8) is 0 Å². The molecule has 0 aromatic carbocycles. The summed E-state index contributed by atoms with van der Waals surface area (Å²) in [5.41, 5.74) is 5.64. The van der Waals surface area contributed by atoms with Gasteiger partial charge in [-0.1, -0.05) is 0 Å². The number of piperidine rings is 1. The van der Waals surface area contributed by atoms with Gasteiger partial charge in [0.05, 0.1) is 6.61 Å². The molecule has 1 fully saturated rings. The van der Waals surface area contributed by atoms with Crippen LogP contribution in [0.25, 0.3) is 0 Å². The molecule has 1 aliphatic heterocycles. The van der Waals surface area contributed by atoms with E-state index in [1.165, 1.54) is 6.42 Å². The van der Waals surface area contributed by atoms with Gasteiger partial charge in [-0.15, -0.1) is 0 Å². The number of nitrogens with zero attached hydrogens (tertiary/aromatic N) is 1. The Hall–Kier alpha value is -0.610. The van der Waals surface area contributed by atoms with Crippen LogP contribution in [0.4, 0.5) is 0 Å². The minimum Gasteiger partial charge on any atom is -0.383 e. The summed E-state index contributed by atoms with van der Waals surface area (Å²) >= 11 is 0. The fourth-order valence-corrected chi connectivity index (χ4v) is 1.60. The van der Waals surface area contributed by atoms with Crippen LogP contribution in [0.5, 0.6) is 0 Å². The third kappa shape index (κ3) is 2.97. The van der Waals surface area contributed by atoms with Crippen LogP contribution < -0.4 is 5.73 Å². The SMILES string of the molecule is COC[C@H](N)C(=O)N1CCCCC1. The second-order valence-electron chi connectivity index (χ2n) is 3.45. The van der Waals surface area contributed by atoms with E-state index in [1.54, 1.807) is 7.11 Å². The zero-order chi connectivity index (χ0) is 9.68. The molecular weight excluding hydrogens is 168 g/mol. The molecule has 0 spiro atoms. The Morgan fingerprint density at radius 2 is 2.08 bits per heavy atom. The molecule has 1 atom stereocenters. The van der Waals surface area contributed by atoms with Crippen molar-refractivity contribution in [1.29, 1.82) is 0 Å². The standard InChI is InChI=1S/C9H18N2O2/c1-13-7-8(10)9(12)11-5-3-2-4-6-11/h8H,2-7,10H2,1H3/t8-/m0/s1. The monoisotopic (exact) mass is 186 g/mol. The Morgan fingerprint density at radius 3 is 2.62 bits per heavy atom. The first-order valence-corrected chi connectivity index (χ1v) is 4.79. The van der Waals surface area contributed by atoms with E-state index in [2.05, 4.69) is 0 Å². The molecule has 1 saturated heterocycles. The number of methoxy groups -OCH3 is 1. The van der Waals surface area contributed by atoms with Gasteiger partial charge in [0.2, 0.25) is 5.91 Å². The third-order valence-electron chi connectivity index (χ3n) is 2.33. The summed E-state index contributed by atoms with van der Waals surface area (Å²) in [6.07, 6.45) is 3.43. The molecule has 0 unspecified atom stereocenters. The maximum Gasteiger partial charge on any atom is 0.241 e. The number of ether oxygens (including phenoxy) is 1. The van der Waals surface area contributed by atoms with Crippen molar-refractivity contribution < 1.29 is 9.53 Å². The van der Waals surface area contributed by atoms with Gasteiger partial charge < -0.3 is 15.4 Å². The molecule has 1 aliphatic rings. The lowest BCUT2D eigenvalue weighted by Gasteiger charge is -2.28. The fourth-order valence-electron chi connectivity index (χ4n) is 1.60. The minimum atomic E-state index is -0.483. The summed E-state index contributed by atoms with van der Waals surface area (Å²) < 4.78 is 4.84. The number of amides is 1. The van der Waals surface area contributed by atoms with Gasteiger partial charge in [-0.2, -0.15) is 0 Å². The van der Waals surface area contributed by atoms with Gasteiger partial charge >= 0.3 is 0 Å². The van der Waals surface area contributed by atoms with Gasteiger partial charge in [0, 0.05) is 20.2 Å². The van der Waals surface area contributed by atoms with E-state index in [0.29, 0.717) is 6.61 Å². The van der Waals surface area contributed by atoms with Crippen molar-refractivity contribution in [2.45, 2.75) is 25.3 Å². The molecule has 0 aliphatic carbocycles. The highest BCUT2D eigenvalue weighted by Gasteiger charge is 2.21. The van der Waals surface area contributed by atoms with E-state index in [9.17, 15) is 4.79 Å². The van der Waals surface area contributed by atoms with Gasteiger partial charge in [-0.25, -0.2) is 0 Å². The maximum atomic E-state index is 11.6. The molecule has 0 saturated carbocycles. The molecular formula is C9H18N2O2. The maximum absolute atomic E-state index is 11.6. The molecule has 2 N–H and O–H groups in total. The van der Waals surface area contributed by atoms with Crippen molar-refractivity contribution >= 4 is 5.91 Å². The van der Waals surface area contributed by atoms with E-state index >= 15 is 0 Å².